The molecule has 0 spiro atoms. The van der Waals surface area contributed by atoms with Crippen molar-refractivity contribution in [3.8, 4) is 0 Å². The molecule has 2 aliphatic rings. The maximum atomic E-state index is 4.84. The van der Waals surface area contributed by atoms with Crippen LogP contribution >= 0.6 is 24.0 Å². The second kappa shape index (κ2) is 9.05. The molecule has 2 fully saturated rings. The predicted molar refractivity (Wildman–Crippen MR) is 116 cm³/mol. The van der Waals surface area contributed by atoms with Gasteiger partial charge < -0.3 is 15.1 Å². The van der Waals surface area contributed by atoms with Gasteiger partial charge in [-0.05, 0) is 43.2 Å². The third-order valence-electron chi connectivity index (χ3n) is 4.96. The lowest BCUT2D eigenvalue weighted by Gasteiger charge is -2.23. The number of hydrogen-bond donors (Lipinski definition) is 1. The smallest absolute Gasteiger partial charge is 0.194 e. The van der Waals surface area contributed by atoms with E-state index in [-0.39, 0.29) is 24.0 Å². The van der Waals surface area contributed by atoms with Gasteiger partial charge in [0.2, 0.25) is 0 Å². The normalized spacial score (nSPS) is 19.9. The highest BCUT2D eigenvalue weighted by Crippen LogP contribution is 2.28. The maximum absolute atomic E-state index is 4.84. The summed E-state index contributed by atoms with van der Waals surface area (Å²) in [6.07, 6.45) is 5.77. The summed E-state index contributed by atoms with van der Waals surface area (Å²) in [5.41, 5.74) is 1.56. The number of halogens is 1. The van der Waals surface area contributed by atoms with Crippen LogP contribution in [0.25, 0.3) is 0 Å². The molecule has 0 bridgehead atoms. The number of likely N-dealkylation sites (tertiary alicyclic amines) is 1. The third-order valence-corrected chi connectivity index (χ3v) is 4.96. The first kappa shape index (κ1) is 20.3. The first-order valence-electron chi connectivity index (χ1n) is 9.30. The molecule has 0 unspecified atom stereocenters. The number of aromatic nitrogens is 1. The topological polar surface area (TPSA) is 43.8 Å². The minimum Gasteiger partial charge on any atom is -0.357 e. The Morgan fingerprint density at radius 1 is 1.24 bits per heavy atom. The Kier molecular flexibility index (Phi) is 7.34. The van der Waals surface area contributed by atoms with Crippen molar-refractivity contribution >= 4 is 35.8 Å². The van der Waals surface area contributed by atoms with E-state index < -0.39 is 0 Å². The summed E-state index contributed by atoms with van der Waals surface area (Å²) in [4.78, 5) is 14.2. The lowest BCUT2D eigenvalue weighted by atomic mass is 9.93. The molecule has 0 saturated carbocycles. The summed E-state index contributed by atoms with van der Waals surface area (Å²) in [5, 5.41) is 3.44. The van der Waals surface area contributed by atoms with E-state index >= 15 is 0 Å². The number of anilines is 1. The fraction of sp³-hybridized carbons (Fsp3) is 0.684. The van der Waals surface area contributed by atoms with Crippen molar-refractivity contribution in [3.05, 3.63) is 23.9 Å². The molecule has 1 aromatic heterocycles. The summed E-state index contributed by atoms with van der Waals surface area (Å²) in [7, 11) is 0. The molecule has 1 N–H and O–H groups in total. The van der Waals surface area contributed by atoms with Gasteiger partial charge in [-0.2, -0.15) is 0 Å². The first-order chi connectivity index (χ1) is 11.6. The maximum Gasteiger partial charge on any atom is 0.194 e. The summed E-state index contributed by atoms with van der Waals surface area (Å²) in [5.74, 6) is 2.14. The molecule has 0 atom stereocenters. The molecule has 2 aliphatic heterocycles. The highest BCUT2D eigenvalue weighted by atomic mass is 127. The van der Waals surface area contributed by atoms with Crippen LogP contribution in [-0.4, -0.2) is 48.6 Å². The van der Waals surface area contributed by atoms with Crippen molar-refractivity contribution in [2.45, 2.75) is 46.6 Å². The zero-order valence-electron chi connectivity index (χ0n) is 15.8. The zero-order chi connectivity index (χ0) is 17.0. The van der Waals surface area contributed by atoms with E-state index in [1.807, 2.05) is 6.20 Å². The minimum atomic E-state index is 0. The lowest BCUT2D eigenvalue weighted by Crippen LogP contribution is -2.40. The van der Waals surface area contributed by atoms with Gasteiger partial charge in [-0.15, -0.1) is 24.0 Å². The Bertz CT molecular complexity index is 564. The Balaban J connectivity index is 0.00000225. The summed E-state index contributed by atoms with van der Waals surface area (Å²) in [6, 6.07) is 4.31. The van der Waals surface area contributed by atoms with Gasteiger partial charge in [-0.1, -0.05) is 19.9 Å². The largest absolute Gasteiger partial charge is 0.357 e. The van der Waals surface area contributed by atoms with Crippen LogP contribution in [0.15, 0.2) is 23.3 Å². The molecule has 0 aromatic carbocycles. The van der Waals surface area contributed by atoms with E-state index in [1.54, 1.807) is 0 Å². The van der Waals surface area contributed by atoms with Gasteiger partial charge in [0.1, 0.15) is 5.82 Å². The number of nitrogens with zero attached hydrogens (tertiary/aromatic N) is 4. The molecule has 1 aromatic rings. The second-order valence-electron chi connectivity index (χ2n) is 7.72. The van der Waals surface area contributed by atoms with E-state index in [1.165, 1.54) is 24.8 Å². The van der Waals surface area contributed by atoms with Crippen LogP contribution in [0.1, 0.15) is 45.6 Å². The molecule has 0 aliphatic carbocycles. The Morgan fingerprint density at radius 2 is 2.00 bits per heavy atom. The highest BCUT2D eigenvalue weighted by Gasteiger charge is 2.30. The number of aliphatic imine (C=N–C) groups is 1. The van der Waals surface area contributed by atoms with Gasteiger partial charge in [-0.25, -0.2) is 9.98 Å². The molecule has 25 heavy (non-hydrogen) atoms. The molecule has 0 amide bonds. The molecule has 3 rings (SSSR count). The van der Waals surface area contributed by atoms with Gasteiger partial charge >= 0.3 is 0 Å². The molecule has 140 valence electrons. The van der Waals surface area contributed by atoms with Gasteiger partial charge in [0.15, 0.2) is 5.96 Å². The van der Waals surface area contributed by atoms with Gasteiger partial charge in [0.25, 0.3) is 0 Å². The number of guanidine groups is 1. The van der Waals surface area contributed by atoms with Crippen LogP contribution in [0.4, 0.5) is 5.82 Å². The van der Waals surface area contributed by atoms with Crippen LogP contribution in [0.3, 0.4) is 0 Å². The van der Waals surface area contributed by atoms with Gasteiger partial charge in [0.05, 0.1) is 6.54 Å². The zero-order valence-corrected chi connectivity index (χ0v) is 18.1. The number of nitrogens with one attached hydrogen (secondary N) is 1. The fourth-order valence-electron chi connectivity index (χ4n) is 3.53. The van der Waals surface area contributed by atoms with Crippen LogP contribution in [-0.2, 0) is 6.54 Å². The molecular weight excluding hydrogens is 425 g/mol. The average molecular weight is 457 g/mol. The average Bonchev–Trinajstić information content (AvgIpc) is 3.21. The van der Waals surface area contributed by atoms with Crippen molar-refractivity contribution in [2.24, 2.45) is 10.4 Å². The number of hydrogen-bond acceptors (Lipinski definition) is 3. The standard InChI is InChI=1S/C19H31N5.HI/c1-4-20-18(24-12-9-19(2,3)15-24)22-14-16-7-8-17(21-13-16)23-10-5-6-11-23;/h7-8,13H,4-6,9-12,14-15H2,1-3H3,(H,20,22);1H. The fourth-order valence-corrected chi connectivity index (χ4v) is 3.53. The SMILES string of the molecule is CCNC(=NCc1ccc(N2CCCC2)nc1)N1CCC(C)(C)C1.I. The van der Waals surface area contributed by atoms with E-state index in [0.717, 1.165) is 44.5 Å². The van der Waals surface area contributed by atoms with Crippen molar-refractivity contribution in [1.29, 1.82) is 0 Å². The van der Waals surface area contributed by atoms with Crippen LogP contribution in [0, 0.1) is 5.41 Å². The Hall–Kier alpha value is -1.05. The van der Waals surface area contributed by atoms with Crippen molar-refractivity contribution in [2.75, 3.05) is 37.6 Å². The van der Waals surface area contributed by atoms with Gasteiger partial charge in [-0.3, -0.25) is 0 Å². The summed E-state index contributed by atoms with van der Waals surface area (Å²) >= 11 is 0. The molecular formula is C19H32IN5. The summed E-state index contributed by atoms with van der Waals surface area (Å²) in [6.45, 7) is 12.8. The van der Waals surface area contributed by atoms with E-state index in [0.29, 0.717) is 12.0 Å². The van der Waals surface area contributed by atoms with Crippen LogP contribution in [0.2, 0.25) is 0 Å². The summed E-state index contributed by atoms with van der Waals surface area (Å²) < 4.78 is 0. The van der Waals surface area contributed by atoms with E-state index in [2.05, 4.69) is 53.0 Å². The third kappa shape index (κ3) is 5.46. The van der Waals surface area contributed by atoms with Crippen molar-refractivity contribution < 1.29 is 0 Å². The number of pyridine rings is 1. The molecule has 0 radical (unpaired) electrons. The predicted octanol–water partition coefficient (Wildman–Crippen LogP) is 3.50. The van der Waals surface area contributed by atoms with Crippen molar-refractivity contribution in [3.63, 3.8) is 0 Å². The number of rotatable bonds is 4. The molecule has 5 nitrogen and oxygen atoms in total. The quantitative estimate of drug-likeness (QED) is 0.427. The molecule has 3 heterocycles. The minimum absolute atomic E-state index is 0. The monoisotopic (exact) mass is 457 g/mol. The van der Waals surface area contributed by atoms with E-state index in [4.69, 9.17) is 4.99 Å². The second-order valence-corrected chi connectivity index (χ2v) is 7.72. The van der Waals surface area contributed by atoms with Gasteiger partial charge in [0, 0.05) is 38.9 Å². The van der Waals surface area contributed by atoms with Crippen LogP contribution < -0.4 is 10.2 Å². The lowest BCUT2D eigenvalue weighted by molar-refractivity contribution is 0.370. The van der Waals surface area contributed by atoms with Crippen molar-refractivity contribution in [1.82, 2.24) is 15.2 Å². The first-order valence-corrected chi connectivity index (χ1v) is 9.30. The Labute approximate surface area is 169 Å². The van der Waals surface area contributed by atoms with Crippen LogP contribution in [0.5, 0.6) is 0 Å². The van der Waals surface area contributed by atoms with E-state index in [9.17, 15) is 0 Å². The molecule has 6 heteroatoms. The highest BCUT2D eigenvalue weighted by molar-refractivity contribution is 14.0. The molecule has 2 saturated heterocycles. The Morgan fingerprint density at radius 3 is 2.56 bits per heavy atom.